The molecule has 0 aromatic carbocycles. The van der Waals surface area contributed by atoms with Crippen LogP contribution in [-0.2, 0) is 0 Å². The van der Waals surface area contributed by atoms with Gasteiger partial charge in [-0.15, -0.1) is 0 Å². The standard InChI is InChI=1S/C10H15.Pb/c1-7-2-9-4-8(1)5-10(3-7)6-9;/h1,7-10H,2-6H2;. The Balaban J connectivity index is 1.91. The predicted molar refractivity (Wildman–Crippen MR) is 46.5 cm³/mol. The zero-order valence-corrected chi connectivity index (χ0v) is 10.8. The molecule has 1 heteroatoms. The van der Waals surface area contributed by atoms with Crippen LogP contribution in [0.25, 0.3) is 0 Å². The van der Waals surface area contributed by atoms with Crippen molar-refractivity contribution in [3.8, 4) is 0 Å². The van der Waals surface area contributed by atoms with E-state index in [9.17, 15) is 0 Å². The molecule has 4 saturated carbocycles. The molecule has 0 aromatic heterocycles. The van der Waals surface area contributed by atoms with E-state index in [0.29, 0.717) is 0 Å². The summed E-state index contributed by atoms with van der Waals surface area (Å²) in [5.41, 5.74) is 0. The fourth-order valence-electron chi connectivity index (χ4n) is 3.93. The summed E-state index contributed by atoms with van der Waals surface area (Å²) >= 11 is 1.49. The second-order valence-electron chi connectivity index (χ2n) is 4.96. The van der Waals surface area contributed by atoms with Crippen LogP contribution in [0, 0.1) is 23.7 Å². The summed E-state index contributed by atoms with van der Waals surface area (Å²) in [6.45, 7) is 0. The summed E-state index contributed by atoms with van der Waals surface area (Å²) in [6.07, 6.45) is 8.12. The van der Waals surface area contributed by atoms with Crippen molar-refractivity contribution in [3.63, 3.8) is 0 Å². The van der Waals surface area contributed by atoms with E-state index in [-0.39, 0.29) is 0 Å². The zero-order chi connectivity index (χ0) is 7.42. The third-order valence-electron chi connectivity index (χ3n) is 4.23. The first-order valence-electron chi connectivity index (χ1n) is 5.04. The van der Waals surface area contributed by atoms with Gasteiger partial charge in [-0.1, -0.05) is 0 Å². The van der Waals surface area contributed by atoms with Gasteiger partial charge in [-0.25, -0.2) is 0 Å². The third-order valence-corrected chi connectivity index (χ3v) is 7.89. The summed E-state index contributed by atoms with van der Waals surface area (Å²) < 4.78 is 1.22. The van der Waals surface area contributed by atoms with Crippen LogP contribution in [0.15, 0.2) is 0 Å². The monoisotopic (exact) mass is 343 g/mol. The molecular formula is C10H15Pb. The Morgan fingerprint density at radius 3 is 1.64 bits per heavy atom. The van der Waals surface area contributed by atoms with Gasteiger partial charge in [0.2, 0.25) is 0 Å². The first-order chi connectivity index (χ1) is 5.33. The van der Waals surface area contributed by atoms with Gasteiger partial charge in [0, 0.05) is 0 Å². The van der Waals surface area contributed by atoms with Gasteiger partial charge in [0.1, 0.15) is 0 Å². The maximum absolute atomic E-state index is 1.63. The molecule has 4 bridgehead atoms. The topological polar surface area (TPSA) is 0 Å². The number of hydrogen-bond acceptors (Lipinski definition) is 0. The Bertz CT molecular complexity index is 148. The van der Waals surface area contributed by atoms with Crippen molar-refractivity contribution >= 4 is 25.8 Å². The summed E-state index contributed by atoms with van der Waals surface area (Å²) in [7, 11) is 0. The van der Waals surface area contributed by atoms with Gasteiger partial charge in [-0.3, -0.25) is 0 Å². The maximum atomic E-state index is 1.63. The molecule has 0 N–H and O–H groups in total. The minimum absolute atomic E-state index is 1.18. The molecule has 4 rings (SSSR count). The number of hydrogen-bond donors (Lipinski definition) is 0. The SMILES string of the molecule is [Pb][CH]1C2CC3CC(C2)CC1C3. The minimum atomic E-state index is 1.18. The van der Waals surface area contributed by atoms with Gasteiger partial charge >= 0.3 is 85.0 Å². The fourth-order valence-corrected chi connectivity index (χ4v) is 6.04. The van der Waals surface area contributed by atoms with Crippen molar-refractivity contribution in [3.05, 3.63) is 0 Å². The third kappa shape index (κ3) is 1.04. The predicted octanol–water partition coefficient (Wildman–Crippen LogP) is 2.40. The molecular weight excluding hydrogens is 327 g/mol. The Labute approximate surface area is 84.8 Å². The van der Waals surface area contributed by atoms with Crippen molar-refractivity contribution in [2.45, 2.75) is 35.6 Å². The van der Waals surface area contributed by atoms with Crippen molar-refractivity contribution in [2.75, 3.05) is 0 Å². The molecule has 3 radical (unpaired) electrons. The van der Waals surface area contributed by atoms with E-state index in [4.69, 9.17) is 0 Å². The van der Waals surface area contributed by atoms with E-state index in [2.05, 4.69) is 0 Å². The Morgan fingerprint density at radius 2 is 1.18 bits per heavy atom. The van der Waals surface area contributed by atoms with Crippen LogP contribution in [0.4, 0.5) is 0 Å². The summed E-state index contributed by atoms with van der Waals surface area (Å²) in [5, 5.41) is 0. The van der Waals surface area contributed by atoms with Gasteiger partial charge in [0.25, 0.3) is 0 Å². The fraction of sp³-hybridized carbons (Fsp3) is 1.00. The molecule has 0 aromatic rings. The summed E-state index contributed by atoms with van der Waals surface area (Å²) in [4.78, 5) is 0. The van der Waals surface area contributed by atoms with Gasteiger partial charge in [0.15, 0.2) is 0 Å². The average Bonchev–Trinajstić information content (AvgIpc) is 1.98. The van der Waals surface area contributed by atoms with Crippen LogP contribution in [0.2, 0.25) is 3.48 Å². The second kappa shape index (κ2) is 2.46. The van der Waals surface area contributed by atoms with E-state index in [1.165, 1.54) is 52.9 Å². The van der Waals surface area contributed by atoms with Gasteiger partial charge in [-0.2, -0.15) is 0 Å². The van der Waals surface area contributed by atoms with Crippen LogP contribution in [0.5, 0.6) is 0 Å². The van der Waals surface area contributed by atoms with E-state index in [1.54, 1.807) is 32.1 Å². The van der Waals surface area contributed by atoms with Crippen molar-refractivity contribution in [1.82, 2.24) is 0 Å². The second-order valence-corrected chi connectivity index (χ2v) is 7.55. The molecule has 0 heterocycles. The molecule has 0 aliphatic heterocycles. The number of rotatable bonds is 0. The molecule has 0 unspecified atom stereocenters. The summed E-state index contributed by atoms with van der Waals surface area (Å²) in [6, 6.07) is 0. The van der Waals surface area contributed by atoms with Gasteiger partial charge in [-0.05, 0) is 0 Å². The molecule has 4 fully saturated rings. The van der Waals surface area contributed by atoms with Gasteiger partial charge in [0.05, 0.1) is 0 Å². The molecule has 0 nitrogen and oxygen atoms in total. The van der Waals surface area contributed by atoms with E-state index < -0.39 is 0 Å². The van der Waals surface area contributed by atoms with E-state index in [0.717, 1.165) is 0 Å². The summed E-state index contributed by atoms with van der Waals surface area (Å²) in [5.74, 6) is 4.78. The van der Waals surface area contributed by atoms with Crippen molar-refractivity contribution in [2.24, 2.45) is 23.7 Å². The van der Waals surface area contributed by atoms with E-state index >= 15 is 0 Å². The van der Waals surface area contributed by atoms with Crippen molar-refractivity contribution < 1.29 is 0 Å². The first kappa shape index (κ1) is 7.34. The van der Waals surface area contributed by atoms with E-state index in [1.807, 2.05) is 0 Å². The Kier molecular flexibility index (Phi) is 1.64. The molecule has 4 aliphatic rings. The zero-order valence-electron chi connectivity index (χ0n) is 6.92. The van der Waals surface area contributed by atoms with Crippen LogP contribution in [0.3, 0.4) is 0 Å². The van der Waals surface area contributed by atoms with Gasteiger partial charge < -0.3 is 0 Å². The molecule has 4 aliphatic carbocycles. The quantitative estimate of drug-likeness (QED) is 0.593. The average molecular weight is 342 g/mol. The Hall–Kier alpha value is 0.922. The first-order valence-corrected chi connectivity index (χ1v) is 7.28. The molecule has 0 spiro atoms. The Morgan fingerprint density at radius 1 is 0.727 bits per heavy atom. The molecule has 59 valence electrons. The van der Waals surface area contributed by atoms with Crippen molar-refractivity contribution in [1.29, 1.82) is 0 Å². The van der Waals surface area contributed by atoms with Crippen LogP contribution < -0.4 is 0 Å². The van der Waals surface area contributed by atoms with Crippen LogP contribution in [-0.4, -0.2) is 25.8 Å². The molecule has 0 atom stereocenters. The molecule has 0 saturated heterocycles. The molecule has 0 amide bonds. The normalized spacial score (nSPS) is 60.3. The van der Waals surface area contributed by atoms with Crippen LogP contribution in [0.1, 0.15) is 32.1 Å². The molecule has 11 heavy (non-hydrogen) atoms. The van der Waals surface area contributed by atoms with Crippen LogP contribution >= 0.6 is 0 Å².